The highest BCUT2D eigenvalue weighted by molar-refractivity contribution is 5.94. The first kappa shape index (κ1) is 16.7. The Morgan fingerprint density at radius 1 is 1.13 bits per heavy atom. The van der Waals surface area contributed by atoms with E-state index >= 15 is 0 Å². The third kappa shape index (κ3) is 4.64. The summed E-state index contributed by atoms with van der Waals surface area (Å²) in [5.74, 6) is 0.235. The Morgan fingerprint density at radius 3 is 2.48 bits per heavy atom. The first-order valence-corrected chi connectivity index (χ1v) is 7.45. The minimum atomic E-state index is -0.665. The Hall–Kier alpha value is -2.69. The molecule has 23 heavy (non-hydrogen) atoms. The predicted molar refractivity (Wildman–Crippen MR) is 87.3 cm³/mol. The van der Waals surface area contributed by atoms with Gasteiger partial charge >= 0.3 is 0 Å². The van der Waals surface area contributed by atoms with Crippen LogP contribution in [-0.4, -0.2) is 22.8 Å². The van der Waals surface area contributed by atoms with Gasteiger partial charge in [-0.3, -0.25) is 14.6 Å². The normalized spacial score (nSPS) is 13.0. The molecule has 0 aliphatic heterocycles. The molecule has 2 atom stereocenters. The smallest absolute Gasteiger partial charge is 0.261 e. The molecule has 5 heteroatoms. The summed E-state index contributed by atoms with van der Waals surface area (Å²) in [7, 11) is 0. The molecule has 0 saturated carbocycles. The van der Waals surface area contributed by atoms with Gasteiger partial charge in [-0.1, -0.05) is 12.1 Å². The number of hydrogen-bond acceptors (Lipinski definition) is 4. The van der Waals surface area contributed by atoms with E-state index in [0.29, 0.717) is 11.3 Å². The lowest BCUT2D eigenvalue weighted by atomic mass is 10.1. The van der Waals surface area contributed by atoms with Crippen molar-refractivity contribution in [1.82, 2.24) is 10.3 Å². The van der Waals surface area contributed by atoms with E-state index in [9.17, 15) is 9.59 Å². The maximum Gasteiger partial charge on any atom is 0.261 e. The van der Waals surface area contributed by atoms with Crippen LogP contribution >= 0.6 is 0 Å². The first-order valence-electron chi connectivity index (χ1n) is 7.45. The van der Waals surface area contributed by atoms with Gasteiger partial charge in [-0.15, -0.1) is 0 Å². The maximum absolute atomic E-state index is 12.2. The zero-order valence-corrected chi connectivity index (χ0v) is 13.4. The summed E-state index contributed by atoms with van der Waals surface area (Å²) in [6.45, 7) is 5.07. The number of nitrogens with zero attached hydrogens (tertiary/aromatic N) is 1. The quantitative estimate of drug-likeness (QED) is 0.833. The Balaban J connectivity index is 1.97. The highest BCUT2D eigenvalue weighted by Crippen LogP contribution is 2.16. The Kier molecular flexibility index (Phi) is 5.46. The second-order valence-electron chi connectivity index (χ2n) is 5.35. The highest BCUT2D eigenvalue weighted by atomic mass is 16.5. The van der Waals surface area contributed by atoms with E-state index in [-0.39, 0.29) is 17.7 Å². The molecule has 1 heterocycles. The highest BCUT2D eigenvalue weighted by Gasteiger charge is 2.18. The molecule has 1 aromatic heterocycles. The largest absolute Gasteiger partial charge is 0.481 e. The van der Waals surface area contributed by atoms with Crippen LogP contribution in [0.5, 0.6) is 5.75 Å². The van der Waals surface area contributed by atoms with Crippen molar-refractivity contribution in [1.29, 1.82) is 0 Å². The van der Waals surface area contributed by atoms with E-state index in [2.05, 4.69) is 10.3 Å². The minimum Gasteiger partial charge on any atom is -0.481 e. The van der Waals surface area contributed by atoms with Crippen LogP contribution in [0.15, 0.2) is 48.8 Å². The summed E-state index contributed by atoms with van der Waals surface area (Å²) in [6.07, 6.45) is 2.71. The molecule has 1 N–H and O–H groups in total. The monoisotopic (exact) mass is 312 g/mol. The third-order valence-corrected chi connectivity index (χ3v) is 3.49. The third-order valence-electron chi connectivity index (χ3n) is 3.49. The number of pyridine rings is 1. The molecule has 0 aliphatic rings. The van der Waals surface area contributed by atoms with Crippen molar-refractivity contribution in [3.05, 3.63) is 59.9 Å². The van der Waals surface area contributed by atoms with Gasteiger partial charge in [-0.25, -0.2) is 0 Å². The number of nitrogens with one attached hydrogen (secondary N) is 1. The lowest BCUT2D eigenvalue weighted by Gasteiger charge is -2.19. The van der Waals surface area contributed by atoms with Gasteiger partial charge in [0.25, 0.3) is 5.91 Å². The SMILES string of the molecule is CC(=O)c1cccc(O[C@H](C)C(=O)N[C@H](C)c2ccncc2)c1. The van der Waals surface area contributed by atoms with Gasteiger partial charge in [0.05, 0.1) is 6.04 Å². The Morgan fingerprint density at radius 2 is 1.83 bits per heavy atom. The van der Waals surface area contributed by atoms with Gasteiger partial charge in [0, 0.05) is 18.0 Å². The van der Waals surface area contributed by atoms with Crippen molar-refractivity contribution < 1.29 is 14.3 Å². The molecule has 2 aromatic rings. The van der Waals surface area contributed by atoms with Crippen LogP contribution in [0, 0.1) is 0 Å². The van der Waals surface area contributed by atoms with Gasteiger partial charge in [-0.2, -0.15) is 0 Å². The predicted octanol–water partition coefficient (Wildman–Crippen LogP) is 2.93. The van der Waals surface area contributed by atoms with Gasteiger partial charge < -0.3 is 10.1 Å². The Bertz CT molecular complexity index is 686. The maximum atomic E-state index is 12.2. The van der Waals surface area contributed by atoms with E-state index in [1.54, 1.807) is 43.6 Å². The molecule has 0 aliphatic carbocycles. The molecule has 0 saturated heterocycles. The van der Waals surface area contributed by atoms with E-state index in [1.165, 1.54) is 6.92 Å². The molecule has 0 bridgehead atoms. The van der Waals surface area contributed by atoms with Crippen molar-refractivity contribution in [3.8, 4) is 5.75 Å². The average molecular weight is 312 g/mol. The lowest BCUT2D eigenvalue weighted by Crippen LogP contribution is -2.37. The molecule has 2 rings (SSSR count). The lowest BCUT2D eigenvalue weighted by molar-refractivity contribution is -0.127. The van der Waals surface area contributed by atoms with Gasteiger partial charge in [0.2, 0.25) is 0 Å². The molecular formula is C18H20N2O3. The molecule has 0 unspecified atom stereocenters. The van der Waals surface area contributed by atoms with E-state index < -0.39 is 6.10 Å². The fourth-order valence-electron chi connectivity index (χ4n) is 2.11. The summed E-state index contributed by atoms with van der Waals surface area (Å²) in [6, 6.07) is 10.4. The van der Waals surface area contributed by atoms with Crippen molar-refractivity contribution in [2.75, 3.05) is 0 Å². The summed E-state index contributed by atoms with van der Waals surface area (Å²) in [5.41, 5.74) is 1.53. The standard InChI is InChI=1S/C18H20N2O3/c1-12(15-7-9-19-10-8-15)20-18(22)14(3)23-17-6-4-5-16(11-17)13(2)21/h4-12,14H,1-3H3,(H,20,22)/t12-,14-/m1/s1. The summed E-state index contributed by atoms with van der Waals surface area (Å²) < 4.78 is 5.63. The Labute approximate surface area is 135 Å². The number of rotatable bonds is 6. The molecule has 0 radical (unpaired) electrons. The summed E-state index contributed by atoms with van der Waals surface area (Å²) in [5, 5.41) is 2.89. The number of aromatic nitrogens is 1. The topological polar surface area (TPSA) is 68.3 Å². The number of benzene rings is 1. The van der Waals surface area contributed by atoms with Crippen molar-refractivity contribution >= 4 is 11.7 Å². The van der Waals surface area contributed by atoms with Crippen LogP contribution in [0.25, 0.3) is 0 Å². The molecule has 1 amide bonds. The van der Waals surface area contributed by atoms with Crippen LogP contribution in [0.1, 0.15) is 42.7 Å². The summed E-state index contributed by atoms with van der Waals surface area (Å²) in [4.78, 5) is 27.6. The second-order valence-corrected chi connectivity index (χ2v) is 5.35. The van der Waals surface area contributed by atoms with Crippen LogP contribution in [0.3, 0.4) is 0 Å². The first-order chi connectivity index (χ1) is 11.0. The number of hydrogen-bond donors (Lipinski definition) is 1. The van der Waals surface area contributed by atoms with E-state index in [1.807, 2.05) is 19.1 Å². The number of ether oxygens (including phenoxy) is 1. The van der Waals surface area contributed by atoms with E-state index in [4.69, 9.17) is 4.74 Å². The molecule has 0 fully saturated rings. The van der Waals surface area contributed by atoms with Crippen LogP contribution in [0.4, 0.5) is 0 Å². The zero-order chi connectivity index (χ0) is 16.8. The van der Waals surface area contributed by atoms with Crippen LogP contribution < -0.4 is 10.1 Å². The molecule has 0 spiro atoms. The molecular weight excluding hydrogens is 292 g/mol. The van der Waals surface area contributed by atoms with Gasteiger partial charge in [0.15, 0.2) is 11.9 Å². The molecule has 120 valence electrons. The number of carbonyl (C=O) groups is 2. The number of carbonyl (C=O) groups excluding carboxylic acids is 2. The van der Waals surface area contributed by atoms with Crippen molar-refractivity contribution in [3.63, 3.8) is 0 Å². The van der Waals surface area contributed by atoms with Crippen molar-refractivity contribution in [2.24, 2.45) is 0 Å². The minimum absolute atomic E-state index is 0.0427. The van der Waals surface area contributed by atoms with Gasteiger partial charge in [0.1, 0.15) is 5.75 Å². The fourth-order valence-corrected chi connectivity index (χ4v) is 2.11. The number of ketones is 1. The van der Waals surface area contributed by atoms with E-state index in [0.717, 1.165) is 5.56 Å². The fraction of sp³-hybridized carbons (Fsp3) is 0.278. The number of amides is 1. The summed E-state index contributed by atoms with van der Waals surface area (Å²) >= 11 is 0. The average Bonchev–Trinajstić information content (AvgIpc) is 2.55. The van der Waals surface area contributed by atoms with Crippen LogP contribution in [0.2, 0.25) is 0 Å². The van der Waals surface area contributed by atoms with Crippen LogP contribution in [-0.2, 0) is 4.79 Å². The zero-order valence-electron chi connectivity index (χ0n) is 13.4. The van der Waals surface area contributed by atoms with Crippen molar-refractivity contribution in [2.45, 2.75) is 32.9 Å². The van der Waals surface area contributed by atoms with Gasteiger partial charge in [-0.05, 0) is 50.6 Å². The second kappa shape index (κ2) is 7.54. The molecule has 5 nitrogen and oxygen atoms in total. The molecule has 1 aromatic carbocycles. The number of Topliss-reactive ketones (excluding diaryl/α,β-unsaturated/α-hetero) is 1.